The SMILES string of the molecule is O=C1OC(=O)c2cc(CS(=O)(=O)Cc3ccc4c(c3)C(=O)OC4=O)ccc21. The number of esters is 4. The van der Waals surface area contributed by atoms with Crippen molar-refractivity contribution < 1.29 is 37.1 Å². The van der Waals surface area contributed by atoms with Crippen LogP contribution in [0.5, 0.6) is 0 Å². The highest BCUT2D eigenvalue weighted by Crippen LogP contribution is 2.25. The van der Waals surface area contributed by atoms with E-state index in [1.165, 1.54) is 36.4 Å². The number of ether oxygens (including phenoxy) is 2. The molecule has 0 amide bonds. The van der Waals surface area contributed by atoms with Gasteiger partial charge in [-0.25, -0.2) is 27.6 Å². The Bertz CT molecular complexity index is 1070. The molecule has 0 saturated carbocycles. The van der Waals surface area contributed by atoms with Crippen LogP contribution in [0.25, 0.3) is 0 Å². The lowest BCUT2D eigenvalue weighted by Gasteiger charge is -2.06. The molecule has 2 aliphatic rings. The molecule has 4 rings (SSSR count). The molecule has 0 unspecified atom stereocenters. The molecular weight excluding hydrogens is 376 g/mol. The minimum Gasteiger partial charge on any atom is -0.386 e. The lowest BCUT2D eigenvalue weighted by molar-refractivity contribution is 0.0425. The second-order valence-electron chi connectivity index (χ2n) is 6.15. The third kappa shape index (κ3) is 3.02. The standard InChI is InChI=1S/C18H10O8S/c19-15-11-3-1-9(5-13(11)17(21)25-15)7-27(23,24)8-10-2-4-12-14(6-10)18(22)26-16(12)20/h1-6H,7-8H2. The van der Waals surface area contributed by atoms with Gasteiger partial charge in [0.15, 0.2) is 9.84 Å². The highest BCUT2D eigenvalue weighted by molar-refractivity contribution is 7.89. The Morgan fingerprint density at radius 3 is 1.37 bits per heavy atom. The lowest BCUT2D eigenvalue weighted by Crippen LogP contribution is -2.09. The van der Waals surface area contributed by atoms with Crippen LogP contribution in [0.1, 0.15) is 52.6 Å². The molecule has 2 aliphatic heterocycles. The fraction of sp³-hybridized carbons (Fsp3) is 0.111. The molecule has 2 aromatic rings. The van der Waals surface area contributed by atoms with Crippen LogP contribution in [0.2, 0.25) is 0 Å². The number of rotatable bonds is 4. The van der Waals surface area contributed by atoms with Crippen LogP contribution < -0.4 is 0 Å². The number of sulfone groups is 1. The minimum absolute atomic E-state index is 0.0338. The first-order valence-electron chi connectivity index (χ1n) is 7.73. The van der Waals surface area contributed by atoms with Gasteiger partial charge in [0.1, 0.15) is 0 Å². The van der Waals surface area contributed by atoms with Gasteiger partial charge < -0.3 is 9.47 Å². The summed E-state index contributed by atoms with van der Waals surface area (Å²) >= 11 is 0. The molecule has 9 heteroatoms. The number of cyclic esters (lactones) is 4. The van der Waals surface area contributed by atoms with E-state index in [2.05, 4.69) is 9.47 Å². The third-order valence-corrected chi connectivity index (χ3v) is 5.74. The van der Waals surface area contributed by atoms with Gasteiger partial charge in [-0.2, -0.15) is 0 Å². The Balaban J connectivity index is 1.57. The minimum atomic E-state index is -3.66. The van der Waals surface area contributed by atoms with E-state index in [4.69, 9.17) is 0 Å². The van der Waals surface area contributed by atoms with E-state index >= 15 is 0 Å². The maximum Gasteiger partial charge on any atom is 0.346 e. The van der Waals surface area contributed by atoms with Crippen LogP contribution in [-0.2, 0) is 30.8 Å². The highest BCUT2D eigenvalue weighted by atomic mass is 32.2. The molecule has 0 saturated heterocycles. The van der Waals surface area contributed by atoms with Gasteiger partial charge in [-0.15, -0.1) is 0 Å². The summed E-state index contributed by atoms with van der Waals surface area (Å²) in [4.78, 5) is 46.0. The van der Waals surface area contributed by atoms with Gasteiger partial charge in [0, 0.05) is 0 Å². The number of hydrogen-bond donors (Lipinski definition) is 0. The largest absolute Gasteiger partial charge is 0.386 e. The van der Waals surface area contributed by atoms with E-state index in [0.717, 1.165) is 0 Å². The molecular formula is C18H10O8S. The molecule has 136 valence electrons. The maximum absolute atomic E-state index is 12.5. The summed E-state index contributed by atoms with van der Waals surface area (Å²) in [6.07, 6.45) is 0. The van der Waals surface area contributed by atoms with Crippen LogP contribution in [0.4, 0.5) is 0 Å². The van der Waals surface area contributed by atoms with E-state index < -0.39 is 33.7 Å². The van der Waals surface area contributed by atoms with E-state index in [1.807, 2.05) is 0 Å². The van der Waals surface area contributed by atoms with Gasteiger partial charge in [-0.1, -0.05) is 12.1 Å². The van der Waals surface area contributed by atoms with Crippen molar-refractivity contribution in [1.29, 1.82) is 0 Å². The van der Waals surface area contributed by atoms with Gasteiger partial charge in [0.25, 0.3) is 0 Å². The van der Waals surface area contributed by atoms with Crippen molar-refractivity contribution in [1.82, 2.24) is 0 Å². The van der Waals surface area contributed by atoms with Crippen molar-refractivity contribution in [3.05, 3.63) is 69.8 Å². The molecule has 0 N–H and O–H groups in total. The number of hydrogen-bond acceptors (Lipinski definition) is 8. The van der Waals surface area contributed by atoms with Crippen LogP contribution in [0.3, 0.4) is 0 Å². The Kier molecular flexibility index (Phi) is 3.70. The van der Waals surface area contributed by atoms with Gasteiger partial charge in [-0.3, -0.25) is 0 Å². The van der Waals surface area contributed by atoms with Gasteiger partial charge in [0.05, 0.1) is 33.8 Å². The molecule has 0 spiro atoms. The number of carbonyl (C=O) groups is 4. The summed E-state index contributed by atoms with van der Waals surface area (Å²) < 4.78 is 33.9. The van der Waals surface area contributed by atoms with Crippen LogP contribution in [-0.4, -0.2) is 32.3 Å². The average Bonchev–Trinajstić information content (AvgIpc) is 3.03. The predicted molar refractivity (Wildman–Crippen MR) is 88.7 cm³/mol. The molecule has 0 bridgehead atoms. The zero-order valence-electron chi connectivity index (χ0n) is 13.6. The molecule has 0 fully saturated rings. The Hall–Kier alpha value is -3.33. The van der Waals surface area contributed by atoms with E-state index in [0.29, 0.717) is 11.1 Å². The van der Waals surface area contributed by atoms with Crippen molar-refractivity contribution in [2.75, 3.05) is 0 Å². The van der Waals surface area contributed by atoms with Gasteiger partial charge >= 0.3 is 23.9 Å². The summed E-state index contributed by atoms with van der Waals surface area (Å²) in [6.45, 7) is 0. The van der Waals surface area contributed by atoms with Crippen molar-refractivity contribution in [2.24, 2.45) is 0 Å². The van der Waals surface area contributed by atoms with Crippen LogP contribution in [0, 0.1) is 0 Å². The monoisotopic (exact) mass is 386 g/mol. The summed E-state index contributed by atoms with van der Waals surface area (Å²) in [7, 11) is -3.66. The molecule has 8 nitrogen and oxygen atoms in total. The second-order valence-corrected chi connectivity index (χ2v) is 8.21. The molecule has 2 aromatic carbocycles. The fourth-order valence-electron chi connectivity index (χ4n) is 3.00. The maximum atomic E-state index is 12.5. The number of fused-ring (bicyclic) bond motifs is 2. The summed E-state index contributed by atoms with van der Waals surface area (Å²) in [5.74, 6) is -3.88. The first-order valence-corrected chi connectivity index (χ1v) is 9.55. The highest BCUT2D eigenvalue weighted by Gasteiger charge is 2.31. The number of carbonyl (C=O) groups excluding carboxylic acids is 4. The van der Waals surface area contributed by atoms with Crippen LogP contribution in [0.15, 0.2) is 36.4 Å². The second kappa shape index (κ2) is 5.85. The number of benzene rings is 2. The molecule has 0 radical (unpaired) electrons. The fourth-order valence-corrected chi connectivity index (χ4v) is 4.48. The Labute approximate surface area is 152 Å². The van der Waals surface area contributed by atoms with Crippen LogP contribution >= 0.6 is 0 Å². The van der Waals surface area contributed by atoms with Crippen molar-refractivity contribution >= 4 is 33.7 Å². The molecule has 0 aromatic heterocycles. The van der Waals surface area contributed by atoms with Crippen molar-refractivity contribution in [2.45, 2.75) is 11.5 Å². The quantitative estimate of drug-likeness (QED) is 0.571. The smallest absolute Gasteiger partial charge is 0.346 e. The third-order valence-electron chi connectivity index (χ3n) is 4.19. The molecule has 2 heterocycles. The van der Waals surface area contributed by atoms with Crippen molar-refractivity contribution in [3.8, 4) is 0 Å². The average molecular weight is 386 g/mol. The molecule has 27 heavy (non-hydrogen) atoms. The van der Waals surface area contributed by atoms with E-state index in [9.17, 15) is 27.6 Å². The lowest BCUT2D eigenvalue weighted by atomic mass is 10.1. The van der Waals surface area contributed by atoms with Gasteiger partial charge in [-0.05, 0) is 35.4 Å². The predicted octanol–water partition coefficient (Wildman–Crippen LogP) is 1.42. The first-order chi connectivity index (χ1) is 12.7. The normalized spacial score (nSPS) is 15.4. The topological polar surface area (TPSA) is 121 Å². The van der Waals surface area contributed by atoms with E-state index in [1.54, 1.807) is 0 Å². The van der Waals surface area contributed by atoms with E-state index in [-0.39, 0.29) is 33.8 Å². The Morgan fingerprint density at radius 2 is 0.963 bits per heavy atom. The molecule has 0 aliphatic carbocycles. The summed E-state index contributed by atoms with van der Waals surface area (Å²) in [6, 6.07) is 8.22. The summed E-state index contributed by atoms with van der Waals surface area (Å²) in [5.41, 5.74) is 0.927. The molecule has 0 atom stereocenters. The Morgan fingerprint density at radius 1 is 0.593 bits per heavy atom. The zero-order valence-corrected chi connectivity index (χ0v) is 14.4. The first kappa shape index (κ1) is 17.1. The van der Waals surface area contributed by atoms with Crippen molar-refractivity contribution in [3.63, 3.8) is 0 Å². The van der Waals surface area contributed by atoms with Gasteiger partial charge in [0.2, 0.25) is 0 Å². The zero-order chi connectivity index (χ0) is 19.3. The summed E-state index contributed by atoms with van der Waals surface area (Å²) in [5, 5.41) is 0.